The van der Waals surface area contributed by atoms with Gasteiger partial charge in [-0.05, 0) is 49.8 Å². The molecule has 2 aromatic carbocycles. The van der Waals surface area contributed by atoms with E-state index in [9.17, 15) is 13.2 Å². The van der Waals surface area contributed by atoms with Gasteiger partial charge in [0.15, 0.2) is 11.6 Å². The zero-order chi connectivity index (χ0) is 21.8. The molecule has 0 radical (unpaired) electrons. The van der Waals surface area contributed by atoms with Crippen LogP contribution in [-0.4, -0.2) is 5.54 Å². The molecule has 7 heteroatoms. The molecule has 4 nitrogen and oxygen atoms in total. The maximum absolute atomic E-state index is 14.5. The van der Waals surface area contributed by atoms with Crippen molar-refractivity contribution in [2.75, 3.05) is 16.5 Å². The van der Waals surface area contributed by atoms with Gasteiger partial charge in [0.05, 0.1) is 17.1 Å². The van der Waals surface area contributed by atoms with Crippen molar-refractivity contribution in [3.05, 3.63) is 47.3 Å². The average Bonchev–Trinajstić information content (AvgIpc) is 3.41. The molecule has 2 aromatic rings. The summed E-state index contributed by atoms with van der Waals surface area (Å²) in [4.78, 5) is 0. The van der Waals surface area contributed by atoms with Gasteiger partial charge in [-0.2, -0.15) is 0 Å². The maximum Gasteiger partial charge on any atom is 0.184 e. The Morgan fingerprint density at radius 1 is 1.03 bits per heavy atom. The topological polar surface area (TPSA) is 62.1 Å². The Hall–Kier alpha value is -2.41. The summed E-state index contributed by atoms with van der Waals surface area (Å²) in [5, 5.41) is 2.64. The number of hydrazine groups is 1. The Morgan fingerprint density at radius 2 is 1.69 bits per heavy atom. The Kier molecular flexibility index (Phi) is 7.41. The van der Waals surface area contributed by atoms with Gasteiger partial charge >= 0.3 is 0 Å². The molecule has 0 aromatic heterocycles. The normalized spacial score (nSPS) is 14.2. The van der Waals surface area contributed by atoms with Gasteiger partial charge in [-0.3, -0.25) is 0 Å². The highest BCUT2D eigenvalue weighted by molar-refractivity contribution is 5.84. The van der Waals surface area contributed by atoms with Crippen molar-refractivity contribution in [1.29, 1.82) is 0 Å². The summed E-state index contributed by atoms with van der Waals surface area (Å²) in [6.07, 6.45) is 2.91. The average molecular weight is 409 g/mol. The van der Waals surface area contributed by atoms with Crippen LogP contribution in [0.1, 0.15) is 52.5 Å². The van der Waals surface area contributed by atoms with Crippen molar-refractivity contribution in [2.24, 2.45) is 5.92 Å². The first-order valence-corrected chi connectivity index (χ1v) is 10.0. The van der Waals surface area contributed by atoms with Crippen molar-refractivity contribution < 1.29 is 13.2 Å². The summed E-state index contributed by atoms with van der Waals surface area (Å²) in [7, 11) is 0. The Morgan fingerprint density at radius 3 is 2.24 bits per heavy atom. The van der Waals surface area contributed by atoms with E-state index in [0.717, 1.165) is 30.9 Å². The Labute approximate surface area is 171 Å². The van der Waals surface area contributed by atoms with E-state index in [4.69, 9.17) is 5.73 Å². The molecule has 0 amide bonds. The van der Waals surface area contributed by atoms with Crippen molar-refractivity contribution >= 4 is 22.7 Å². The van der Waals surface area contributed by atoms with E-state index < -0.39 is 17.5 Å². The lowest BCUT2D eigenvalue weighted by molar-refractivity contribution is 0.426. The molecule has 0 atom stereocenters. The third-order valence-electron chi connectivity index (χ3n) is 4.74. The van der Waals surface area contributed by atoms with Gasteiger partial charge in [0.25, 0.3) is 0 Å². The summed E-state index contributed by atoms with van der Waals surface area (Å²) in [6, 6.07) is 5.39. The number of nitrogen functional groups attached to an aromatic ring is 1. The lowest BCUT2D eigenvalue weighted by Gasteiger charge is -2.24. The number of halogens is 3. The highest BCUT2D eigenvalue weighted by atomic mass is 19.2. The van der Waals surface area contributed by atoms with Gasteiger partial charge in [0.1, 0.15) is 11.5 Å². The summed E-state index contributed by atoms with van der Waals surface area (Å²) >= 11 is 0. The Balaban J connectivity index is 0.00000145. The van der Waals surface area contributed by atoms with E-state index >= 15 is 0 Å². The van der Waals surface area contributed by atoms with E-state index in [-0.39, 0.29) is 28.3 Å². The molecule has 1 aliphatic rings. The molecule has 0 spiro atoms. The molecule has 0 unspecified atom stereocenters. The molecule has 1 fully saturated rings. The number of nitrogens with two attached hydrogens (primary N) is 1. The van der Waals surface area contributed by atoms with Gasteiger partial charge in [-0.25, -0.2) is 18.6 Å². The molecular weight excluding hydrogens is 377 g/mol. The fourth-order valence-corrected chi connectivity index (χ4v) is 3.26. The minimum atomic E-state index is -1.12. The number of rotatable bonds is 7. The van der Waals surface area contributed by atoms with Crippen LogP contribution in [-0.2, 0) is 0 Å². The van der Waals surface area contributed by atoms with Gasteiger partial charge < -0.3 is 16.5 Å². The second-order valence-corrected chi connectivity index (χ2v) is 7.75. The number of anilines is 4. The van der Waals surface area contributed by atoms with Crippen LogP contribution in [0.15, 0.2) is 24.3 Å². The highest BCUT2D eigenvalue weighted by Gasteiger charge is 2.43. The van der Waals surface area contributed by atoms with E-state index in [1.807, 2.05) is 13.8 Å². The largest absolute Gasteiger partial charge is 0.397 e. The van der Waals surface area contributed by atoms with Crippen LogP contribution >= 0.6 is 0 Å². The van der Waals surface area contributed by atoms with Gasteiger partial charge in [0.2, 0.25) is 0 Å². The molecule has 1 aliphatic carbocycles. The lowest BCUT2D eigenvalue weighted by atomic mass is 10.0. The van der Waals surface area contributed by atoms with Crippen LogP contribution in [0.25, 0.3) is 0 Å². The fourth-order valence-electron chi connectivity index (χ4n) is 3.26. The molecule has 1 saturated carbocycles. The van der Waals surface area contributed by atoms with Crippen LogP contribution in [0.4, 0.5) is 35.9 Å². The highest BCUT2D eigenvalue weighted by Crippen LogP contribution is 2.42. The molecule has 0 bridgehead atoms. The first kappa shape index (κ1) is 22.9. The standard InChI is InChI=1S/C20H25F3N4.C2H6/c1-11(2)10-20(6-7-20)27-26-18-15(24)9-14(22)17(23)19(18)25-16-5-4-12(3)8-13(16)21;1-2/h4-5,8-9,11,25-27H,6-7,10,24H2,1-3H3;1-2H3. The fraction of sp³-hybridized carbons (Fsp3) is 0.455. The van der Waals surface area contributed by atoms with E-state index in [1.54, 1.807) is 13.0 Å². The second-order valence-electron chi connectivity index (χ2n) is 7.75. The van der Waals surface area contributed by atoms with E-state index in [1.165, 1.54) is 12.1 Å². The number of hydrogen-bond donors (Lipinski definition) is 4. The molecule has 0 saturated heterocycles. The van der Waals surface area contributed by atoms with Crippen molar-refractivity contribution in [2.45, 2.75) is 59.4 Å². The van der Waals surface area contributed by atoms with E-state index in [2.05, 4.69) is 30.0 Å². The summed E-state index contributed by atoms with van der Waals surface area (Å²) < 4.78 is 42.6. The predicted octanol–water partition coefficient (Wildman–Crippen LogP) is 6.26. The van der Waals surface area contributed by atoms with Crippen molar-refractivity contribution in [3.63, 3.8) is 0 Å². The predicted molar refractivity (Wildman–Crippen MR) is 115 cm³/mol. The summed E-state index contributed by atoms with van der Waals surface area (Å²) in [5.74, 6) is -2.29. The quantitative estimate of drug-likeness (QED) is 0.323. The SMILES string of the molecule is CC.Cc1ccc(Nc2c(F)c(F)cc(N)c2NNC2(CC(C)C)CC2)c(F)c1. The number of nitrogens with one attached hydrogen (secondary N) is 3. The van der Waals surface area contributed by atoms with Gasteiger partial charge in [-0.1, -0.05) is 33.8 Å². The minimum absolute atomic E-state index is 0.0248. The van der Waals surface area contributed by atoms with Crippen LogP contribution in [0.3, 0.4) is 0 Å². The third-order valence-corrected chi connectivity index (χ3v) is 4.74. The number of hydrogen-bond acceptors (Lipinski definition) is 4. The van der Waals surface area contributed by atoms with Gasteiger partial charge in [-0.15, -0.1) is 0 Å². The lowest BCUT2D eigenvalue weighted by Crippen LogP contribution is -2.37. The van der Waals surface area contributed by atoms with Crippen LogP contribution in [0, 0.1) is 30.3 Å². The molecule has 29 heavy (non-hydrogen) atoms. The molecule has 5 N–H and O–H groups in total. The monoisotopic (exact) mass is 408 g/mol. The molecular formula is C22H31F3N4. The van der Waals surface area contributed by atoms with E-state index in [0.29, 0.717) is 5.92 Å². The zero-order valence-electron chi connectivity index (χ0n) is 17.7. The van der Waals surface area contributed by atoms with Crippen LogP contribution in [0.2, 0.25) is 0 Å². The summed E-state index contributed by atoms with van der Waals surface area (Å²) in [6.45, 7) is 10.00. The first-order valence-electron chi connectivity index (χ1n) is 10.0. The van der Waals surface area contributed by atoms with Crippen LogP contribution < -0.4 is 21.9 Å². The number of benzene rings is 2. The second kappa shape index (κ2) is 9.39. The molecule has 3 rings (SSSR count). The Bertz CT molecular complexity index is 848. The maximum atomic E-state index is 14.5. The van der Waals surface area contributed by atoms with Crippen molar-refractivity contribution in [1.82, 2.24) is 5.43 Å². The molecule has 0 aliphatic heterocycles. The third kappa shape index (κ3) is 5.56. The molecule has 160 valence electrons. The summed E-state index contributed by atoms with van der Waals surface area (Å²) in [5.41, 5.74) is 12.7. The smallest absolute Gasteiger partial charge is 0.184 e. The van der Waals surface area contributed by atoms with Gasteiger partial charge in [0, 0.05) is 11.6 Å². The minimum Gasteiger partial charge on any atom is -0.397 e. The van der Waals surface area contributed by atoms with Crippen molar-refractivity contribution in [3.8, 4) is 0 Å². The first-order chi connectivity index (χ1) is 13.7. The van der Waals surface area contributed by atoms with Crippen LogP contribution in [0.5, 0.6) is 0 Å². The number of aryl methyl sites for hydroxylation is 1. The molecule has 0 heterocycles. The zero-order valence-corrected chi connectivity index (χ0v) is 17.7.